The molecule has 0 atom stereocenters. The Morgan fingerprint density at radius 2 is 0.966 bits per heavy atom. The maximum absolute atomic E-state index is 3.40. The first-order valence-electron chi connectivity index (χ1n) is 9.54. The van der Waals surface area contributed by atoms with E-state index in [9.17, 15) is 0 Å². The Balaban J connectivity index is 0.000000490. The van der Waals surface area contributed by atoms with E-state index in [4.69, 9.17) is 0 Å². The fourth-order valence-corrected chi connectivity index (χ4v) is 3.41. The van der Waals surface area contributed by atoms with E-state index in [-0.39, 0.29) is 51.0 Å². The maximum atomic E-state index is 3.40. The van der Waals surface area contributed by atoms with Gasteiger partial charge in [0, 0.05) is 0 Å². The maximum Gasteiger partial charge on any atom is 4.00 e. The summed E-state index contributed by atoms with van der Waals surface area (Å²) < 4.78 is 0. The standard InChI is InChI=1S/2C13H13.2ClH.Zr/c2*1-2-11-9-6-10-13(11)12-7-4-3-5-8-12;;;/h2*3-5,7-9H,2,6H2,1H3;2*1H;/q2*-1;;;+4/p-2. The van der Waals surface area contributed by atoms with Crippen LogP contribution in [0.1, 0.15) is 50.7 Å². The van der Waals surface area contributed by atoms with Crippen molar-refractivity contribution in [2.45, 2.75) is 39.5 Å². The molecule has 3 heteroatoms. The Labute approximate surface area is 207 Å². The van der Waals surface area contributed by atoms with Crippen molar-refractivity contribution in [1.29, 1.82) is 0 Å². The van der Waals surface area contributed by atoms with Crippen LogP contribution in [0.5, 0.6) is 0 Å². The Kier molecular flexibility index (Phi) is 14.2. The quantitative estimate of drug-likeness (QED) is 0.555. The van der Waals surface area contributed by atoms with Gasteiger partial charge in [0.05, 0.1) is 0 Å². The Bertz CT molecular complexity index is 773. The van der Waals surface area contributed by atoms with Crippen molar-refractivity contribution in [1.82, 2.24) is 0 Å². The molecule has 2 aliphatic rings. The molecule has 0 heterocycles. The minimum Gasteiger partial charge on any atom is -1.00 e. The molecule has 29 heavy (non-hydrogen) atoms. The zero-order chi connectivity index (χ0) is 18.2. The minimum absolute atomic E-state index is 0. The molecule has 0 radical (unpaired) electrons. The van der Waals surface area contributed by atoms with E-state index in [2.05, 4.69) is 86.7 Å². The molecule has 0 amide bonds. The summed E-state index contributed by atoms with van der Waals surface area (Å²) >= 11 is 0. The number of benzene rings is 2. The largest absolute Gasteiger partial charge is 4.00 e. The van der Waals surface area contributed by atoms with Crippen LogP contribution in [0.3, 0.4) is 0 Å². The first-order chi connectivity index (χ1) is 12.8. The molecule has 148 valence electrons. The summed E-state index contributed by atoms with van der Waals surface area (Å²) in [5.74, 6) is 0. The molecule has 0 bridgehead atoms. The molecule has 0 unspecified atom stereocenters. The van der Waals surface area contributed by atoms with Crippen LogP contribution in [0, 0.1) is 12.2 Å². The summed E-state index contributed by atoms with van der Waals surface area (Å²) in [7, 11) is 0. The van der Waals surface area contributed by atoms with Gasteiger partial charge in [0.15, 0.2) is 0 Å². The van der Waals surface area contributed by atoms with Gasteiger partial charge in [-0.1, -0.05) is 75.9 Å². The molecule has 2 aliphatic carbocycles. The van der Waals surface area contributed by atoms with Crippen LogP contribution in [-0.2, 0) is 26.2 Å². The predicted octanol–water partition coefficient (Wildman–Crippen LogP) is 1.23. The Hall–Kier alpha value is -1.14. The summed E-state index contributed by atoms with van der Waals surface area (Å²) in [5.41, 5.74) is 8.09. The van der Waals surface area contributed by atoms with Crippen molar-refractivity contribution in [3.8, 4) is 0 Å². The third-order valence-electron chi connectivity index (χ3n) is 4.78. The normalized spacial score (nSPS) is 13.9. The summed E-state index contributed by atoms with van der Waals surface area (Å²) in [5, 5.41) is 0. The van der Waals surface area contributed by atoms with Crippen molar-refractivity contribution < 1.29 is 51.0 Å². The smallest absolute Gasteiger partial charge is 1.00 e. The van der Waals surface area contributed by atoms with Gasteiger partial charge in [0.1, 0.15) is 0 Å². The zero-order valence-corrected chi connectivity index (χ0v) is 21.0. The molecule has 2 aromatic rings. The van der Waals surface area contributed by atoms with Crippen molar-refractivity contribution in [3.63, 3.8) is 0 Å². The van der Waals surface area contributed by atoms with Gasteiger partial charge in [-0.25, -0.2) is 0 Å². The van der Waals surface area contributed by atoms with Crippen molar-refractivity contribution in [2.75, 3.05) is 0 Å². The molecule has 2 aromatic carbocycles. The SMILES string of the molecule is CCC1=CC[C-]=C1c1ccccc1.CCC1=CC[C-]=C1c1ccccc1.[Cl-].[Cl-].[Zr+4]. The summed E-state index contributed by atoms with van der Waals surface area (Å²) in [4.78, 5) is 0. The van der Waals surface area contributed by atoms with Crippen LogP contribution in [0.4, 0.5) is 0 Å². The summed E-state index contributed by atoms with van der Waals surface area (Å²) in [6.07, 6.45) is 15.5. The van der Waals surface area contributed by atoms with Gasteiger partial charge >= 0.3 is 26.2 Å². The first-order valence-corrected chi connectivity index (χ1v) is 9.54. The van der Waals surface area contributed by atoms with E-state index < -0.39 is 0 Å². The summed E-state index contributed by atoms with van der Waals surface area (Å²) in [6, 6.07) is 21.0. The fourth-order valence-electron chi connectivity index (χ4n) is 3.41. The fraction of sp³-hybridized carbons (Fsp3) is 0.231. The molecule has 0 saturated heterocycles. The third-order valence-corrected chi connectivity index (χ3v) is 4.78. The van der Waals surface area contributed by atoms with E-state index in [1.165, 1.54) is 33.4 Å². The minimum atomic E-state index is 0. The number of hydrogen-bond acceptors (Lipinski definition) is 0. The topological polar surface area (TPSA) is 0 Å². The Morgan fingerprint density at radius 1 is 0.621 bits per heavy atom. The number of rotatable bonds is 4. The Morgan fingerprint density at radius 3 is 1.28 bits per heavy atom. The van der Waals surface area contributed by atoms with Crippen LogP contribution in [0.15, 0.2) is 84.0 Å². The molecule has 0 aromatic heterocycles. The van der Waals surface area contributed by atoms with E-state index in [1.54, 1.807) is 0 Å². The average Bonchev–Trinajstić information content (AvgIpc) is 3.39. The van der Waals surface area contributed by atoms with Crippen LogP contribution >= 0.6 is 0 Å². The van der Waals surface area contributed by atoms with E-state index in [0.717, 1.165) is 25.7 Å². The van der Waals surface area contributed by atoms with Crippen molar-refractivity contribution in [2.24, 2.45) is 0 Å². The molecule has 0 nitrogen and oxygen atoms in total. The van der Waals surface area contributed by atoms with E-state index in [0.29, 0.717) is 0 Å². The van der Waals surface area contributed by atoms with Gasteiger partial charge in [-0.05, 0) is 0 Å². The van der Waals surface area contributed by atoms with Gasteiger partial charge < -0.3 is 24.8 Å². The second-order valence-electron chi connectivity index (χ2n) is 6.41. The molecule has 0 fully saturated rings. The van der Waals surface area contributed by atoms with E-state index in [1.807, 2.05) is 12.1 Å². The molecule has 0 aliphatic heterocycles. The molecular formula is C26H26Cl2Zr. The van der Waals surface area contributed by atoms with Gasteiger partial charge in [-0.3, -0.25) is 0 Å². The monoisotopic (exact) mass is 498 g/mol. The molecule has 0 N–H and O–H groups in total. The third kappa shape index (κ3) is 7.56. The van der Waals surface area contributed by atoms with E-state index >= 15 is 0 Å². The van der Waals surface area contributed by atoms with Crippen molar-refractivity contribution in [3.05, 3.63) is 107 Å². The van der Waals surface area contributed by atoms with Gasteiger partial charge in [-0.15, -0.1) is 47.5 Å². The van der Waals surface area contributed by atoms with Crippen LogP contribution in [0.2, 0.25) is 0 Å². The number of allylic oxidation sites excluding steroid dienone is 8. The second kappa shape index (κ2) is 14.8. The van der Waals surface area contributed by atoms with Crippen LogP contribution in [-0.4, -0.2) is 0 Å². The molecule has 0 saturated carbocycles. The van der Waals surface area contributed by atoms with Crippen LogP contribution < -0.4 is 24.8 Å². The first kappa shape index (κ1) is 27.9. The van der Waals surface area contributed by atoms with Gasteiger partial charge in [-0.2, -0.15) is 34.4 Å². The summed E-state index contributed by atoms with van der Waals surface area (Å²) in [6.45, 7) is 4.39. The number of hydrogen-bond donors (Lipinski definition) is 0. The zero-order valence-electron chi connectivity index (χ0n) is 17.0. The second-order valence-corrected chi connectivity index (χ2v) is 6.41. The average molecular weight is 501 g/mol. The van der Waals surface area contributed by atoms with Gasteiger partial charge in [0.2, 0.25) is 0 Å². The van der Waals surface area contributed by atoms with Crippen molar-refractivity contribution >= 4 is 11.1 Å². The number of halogens is 2. The van der Waals surface area contributed by atoms with Gasteiger partial charge in [0.25, 0.3) is 0 Å². The predicted molar refractivity (Wildman–Crippen MR) is 112 cm³/mol. The molecule has 4 rings (SSSR count). The van der Waals surface area contributed by atoms with Crippen LogP contribution in [0.25, 0.3) is 11.1 Å². The molecule has 0 spiro atoms. The molecular weight excluding hydrogens is 474 g/mol.